The average Bonchev–Trinajstić information content (AvgIpc) is 2.73. The quantitative estimate of drug-likeness (QED) is 0.714. The lowest BCUT2D eigenvalue weighted by Gasteiger charge is -2.23. The van der Waals surface area contributed by atoms with Gasteiger partial charge in [-0.1, -0.05) is 22.0 Å². The molecule has 0 aromatic heterocycles. The zero-order valence-electron chi connectivity index (χ0n) is 12.0. The summed E-state index contributed by atoms with van der Waals surface area (Å²) < 4.78 is 5.72. The molecule has 0 radical (unpaired) electrons. The van der Waals surface area contributed by atoms with E-state index in [1.54, 1.807) is 0 Å². The summed E-state index contributed by atoms with van der Waals surface area (Å²) in [5.41, 5.74) is 7.13. The largest absolute Gasteiger partial charge is 0.378 e. The molecule has 18 heavy (non-hydrogen) atoms. The molecule has 0 aliphatic carbocycles. The van der Waals surface area contributed by atoms with Crippen molar-refractivity contribution in [2.24, 2.45) is 5.92 Å². The van der Waals surface area contributed by atoms with Crippen molar-refractivity contribution in [1.82, 2.24) is 0 Å². The van der Waals surface area contributed by atoms with Gasteiger partial charge in [0.15, 0.2) is 0 Å². The van der Waals surface area contributed by atoms with E-state index in [1.807, 2.05) is 0 Å². The van der Waals surface area contributed by atoms with Crippen LogP contribution in [0.5, 0.6) is 0 Å². The first-order chi connectivity index (χ1) is 8.41. The lowest BCUT2D eigenvalue weighted by atomic mass is 9.87. The van der Waals surface area contributed by atoms with Crippen molar-refractivity contribution in [2.45, 2.75) is 52.0 Å². The Morgan fingerprint density at radius 1 is 1.17 bits per heavy atom. The Morgan fingerprint density at radius 2 is 1.72 bits per heavy atom. The van der Waals surface area contributed by atoms with Crippen molar-refractivity contribution < 1.29 is 4.74 Å². The van der Waals surface area contributed by atoms with Gasteiger partial charge in [-0.05, 0) is 68.9 Å². The van der Waals surface area contributed by atoms with Crippen LogP contribution in [0.4, 0.5) is 0 Å². The fourth-order valence-electron chi connectivity index (χ4n) is 2.95. The highest BCUT2D eigenvalue weighted by atomic mass is 79.9. The smallest absolute Gasteiger partial charge is 0.0551 e. The van der Waals surface area contributed by atoms with E-state index in [0.29, 0.717) is 16.8 Å². The monoisotopic (exact) mass is 310 g/mol. The van der Waals surface area contributed by atoms with Crippen molar-refractivity contribution in [3.63, 3.8) is 0 Å². The molecule has 1 nitrogen and oxygen atoms in total. The Bertz CT molecular complexity index is 427. The summed E-state index contributed by atoms with van der Waals surface area (Å²) in [5.74, 6) is 0.596. The molecule has 1 saturated heterocycles. The maximum absolute atomic E-state index is 5.72. The van der Waals surface area contributed by atoms with Gasteiger partial charge >= 0.3 is 0 Å². The van der Waals surface area contributed by atoms with Crippen LogP contribution in [0.2, 0.25) is 0 Å². The lowest BCUT2D eigenvalue weighted by molar-refractivity contribution is 0.120. The predicted molar refractivity (Wildman–Crippen MR) is 80.6 cm³/mol. The Balaban J connectivity index is 2.38. The lowest BCUT2D eigenvalue weighted by Crippen LogP contribution is -2.12. The Hall–Kier alpha value is -0.340. The fourth-order valence-corrected chi connectivity index (χ4v) is 4.01. The zero-order valence-corrected chi connectivity index (χ0v) is 13.6. The van der Waals surface area contributed by atoms with Gasteiger partial charge in [0.05, 0.1) is 12.7 Å². The maximum Gasteiger partial charge on any atom is 0.0551 e. The summed E-state index contributed by atoms with van der Waals surface area (Å²) >= 11 is 3.93. The molecule has 1 aliphatic heterocycles. The van der Waals surface area contributed by atoms with Gasteiger partial charge in [-0.2, -0.15) is 0 Å². The molecule has 0 saturated carbocycles. The molecule has 2 rings (SSSR count). The molecule has 1 fully saturated rings. The first kappa shape index (κ1) is 14.1. The Labute approximate surface area is 119 Å². The normalized spacial score (nSPS) is 25.4. The highest BCUT2D eigenvalue weighted by Gasteiger charge is 2.31. The Morgan fingerprint density at radius 3 is 2.17 bits per heavy atom. The van der Waals surface area contributed by atoms with Crippen LogP contribution < -0.4 is 0 Å². The molecule has 0 spiro atoms. The molecule has 1 aromatic rings. The van der Waals surface area contributed by atoms with Crippen molar-refractivity contribution in [1.29, 1.82) is 0 Å². The molecule has 1 aromatic carbocycles. The minimum Gasteiger partial charge on any atom is -0.378 e. The van der Waals surface area contributed by atoms with E-state index in [-0.39, 0.29) is 0 Å². The summed E-state index contributed by atoms with van der Waals surface area (Å²) in [5, 5.41) is 0. The average molecular weight is 311 g/mol. The second-order valence-electron chi connectivity index (χ2n) is 5.72. The number of hydrogen-bond donors (Lipinski definition) is 0. The fraction of sp³-hybridized carbons (Fsp3) is 0.625. The van der Waals surface area contributed by atoms with Crippen LogP contribution in [-0.2, 0) is 4.74 Å². The molecular formula is C16H23BrO. The molecule has 0 amide bonds. The molecule has 3 unspecified atom stereocenters. The summed E-state index contributed by atoms with van der Waals surface area (Å²) in [6, 6.07) is 2.29. The van der Waals surface area contributed by atoms with Gasteiger partial charge in [-0.15, -0.1) is 0 Å². The van der Waals surface area contributed by atoms with Crippen molar-refractivity contribution >= 4 is 15.9 Å². The number of aryl methyl sites for hydroxylation is 2. The van der Waals surface area contributed by atoms with Crippen LogP contribution in [0.15, 0.2) is 6.07 Å². The van der Waals surface area contributed by atoms with Gasteiger partial charge in [0, 0.05) is 10.7 Å². The summed E-state index contributed by atoms with van der Waals surface area (Å²) in [6.07, 6.45) is 1.56. The molecule has 1 aliphatic rings. The van der Waals surface area contributed by atoms with Crippen LogP contribution in [0.1, 0.15) is 46.0 Å². The van der Waals surface area contributed by atoms with Gasteiger partial charge in [-0.25, -0.2) is 0 Å². The van der Waals surface area contributed by atoms with E-state index in [9.17, 15) is 0 Å². The van der Waals surface area contributed by atoms with Crippen LogP contribution >= 0.6 is 15.9 Å². The van der Waals surface area contributed by atoms with E-state index in [2.05, 4.69) is 56.6 Å². The van der Waals surface area contributed by atoms with E-state index in [0.717, 1.165) is 13.0 Å². The summed E-state index contributed by atoms with van der Waals surface area (Å²) in [7, 11) is 0. The zero-order chi connectivity index (χ0) is 13.4. The SMILES string of the molecule is Cc1cc(C)c(C)c(C(Br)C2COC(C)C2)c1C. The minimum atomic E-state index is 0.404. The number of alkyl halides is 1. The molecular weight excluding hydrogens is 288 g/mol. The number of hydrogen-bond acceptors (Lipinski definition) is 1. The van der Waals surface area contributed by atoms with E-state index >= 15 is 0 Å². The molecule has 2 heteroatoms. The van der Waals surface area contributed by atoms with Gasteiger partial charge in [0.25, 0.3) is 0 Å². The molecule has 0 bridgehead atoms. The highest BCUT2D eigenvalue weighted by Crippen LogP contribution is 2.41. The number of benzene rings is 1. The van der Waals surface area contributed by atoms with Crippen LogP contribution in [0.3, 0.4) is 0 Å². The first-order valence-electron chi connectivity index (χ1n) is 6.74. The predicted octanol–water partition coefficient (Wildman–Crippen LogP) is 4.78. The third kappa shape index (κ3) is 2.50. The van der Waals surface area contributed by atoms with Gasteiger partial charge < -0.3 is 4.74 Å². The third-order valence-electron chi connectivity index (χ3n) is 4.34. The van der Waals surface area contributed by atoms with Crippen molar-refractivity contribution in [3.05, 3.63) is 33.9 Å². The third-order valence-corrected chi connectivity index (χ3v) is 5.55. The maximum atomic E-state index is 5.72. The van der Waals surface area contributed by atoms with Gasteiger partial charge in [0.1, 0.15) is 0 Å². The van der Waals surface area contributed by atoms with Crippen molar-refractivity contribution in [2.75, 3.05) is 6.61 Å². The Kier molecular flexibility index (Phi) is 4.18. The highest BCUT2D eigenvalue weighted by molar-refractivity contribution is 9.09. The van der Waals surface area contributed by atoms with Crippen LogP contribution in [0.25, 0.3) is 0 Å². The van der Waals surface area contributed by atoms with Crippen molar-refractivity contribution in [3.8, 4) is 0 Å². The molecule has 0 N–H and O–H groups in total. The number of rotatable bonds is 2. The second kappa shape index (κ2) is 5.34. The van der Waals surface area contributed by atoms with Crippen LogP contribution in [-0.4, -0.2) is 12.7 Å². The standard InChI is InChI=1S/C16H23BrO/c1-9-6-10(2)13(5)15(12(9)4)16(17)14-7-11(3)18-8-14/h6,11,14,16H,7-8H2,1-5H3. The van der Waals surface area contributed by atoms with E-state index in [1.165, 1.54) is 27.8 Å². The molecule has 100 valence electrons. The molecule has 1 heterocycles. The van der Waals surface area contributed by atoms with Gasteiger partial charge in [-0.3, -0.25) is 0 Å². The molecule has 3 atom stereocenters. The first-order valence-corrected chi connectivity index (χ1v) is 7.66. The van der Waals surface area contributed by atoms with Gasteiger partial charge in [0.2, 0.25) is 0 Å². The minimum absolute atomic E-state index is 0.404. The van der Waals surface area contributed by atoms with Crippen LogP contribution in [0, 0.1) is 33.6 Å². The number of ether oxygens (including phenoxy) is 1. The van der Waals surface area contributed by atoms with E-state index < -0.39 is 0 Å². The summed E-state index contributed by atoms with van der Waals surface area (Å²) in [6.45, 7) is 11.9. The second-order valence-corrected chi connectivity index (χ2v) is 6.70. The number of halogens is 1. The van der Waals surface area contributed by atoms with E-state index in [4.69, 9.17) is 4.74 Å². The summed E-state index contributed by atoms with van der Waals surface area (Å²) in [4.78, 5) is 0.418. The topological polar surface area (TPSA) is 9.23 Å².